The molecule has 3 rings (SSSR count). The molecule has 0 saturated carbocycles. The molecule has 122 valence electrons. The molecule has 1 atom stereocenters. The van der Waals surface area contributed by atoms with Gasteiger partial charge in [0.1, 0.15) is 5.75 Å². The van der Waals surface area contributed by atoms with Crippen molar-refractivity contribution in [1.82, 2.24) is 4.90 Å². The van der Waals surface area contributed by atoms with Crippen LogP contribution in [0.3, 0.4) is 0 Å². The van der Waals surface area contributed by atoms with Crippen molar-refractivity contribution in [1.29, 1.82) is 0 Å². The maximum atomic E-state index is 5.70. The highest BCUT2D eigenvalue weighted by Crippen LogP contribution is 2.43. The van der Waals surface area contributed by atoms with Crippen molar-refractivity contribution in [3.05, 3.63) is 53.1 Å². The second kappa shape index (κ2) is 6.50. The third-order valence-electron chi connectivity index (χ3n) is 4.48. The van der Waals surface area contributed by atoms with Gasteiger partial charge in [0.25, 0.3) is 0 Å². The van der Waals surface area contributed by atoms with Gasteiger partial charge >= 0.3 is 0 Å². The average Bonchev–Trinajstić information content (AvgIpc) is 2.60. The Morgan fingerprint density at radius 3 is 2.26 bits per heavy atom. The zero-order valence-corrected chi connectivity index (χ0v) is 14.1. The molecule has 0 aliphatic carbocycles. The van der Waals surface area contributed by atoms with Gasteiger partial charge < -0.3 is 19.1 Å². The Kier molecular flexibility index (Phi) is 4.44. The summed E-state index contributed by atoms with van der Waals surface area (Å²) in [5.74, 6) is 2.75. The first-order valence-electron chi connectivity index (χ1n) is 7.74. The van der Waals surface area contributed by atoms with E-state index in [1.807, 2.05) is 18.2 Å². The summed E-state index contributed by atoms with van der Waals surface area (Å²) in [7, 11) is 7.23. The van der Waals surface area contributed by atoms with Gasteiger partial charge in [-0.15, -0.1) is 0 Å². The predicted octanol–water partition coefficient (Wildman–Crippen LogP) is 3.29. The monoisotopic (exact) mass is 313 g/mol. The third-order valence-corrected chi connectivity index (χ3v) is 4.48. The van der Waals surface area contributed by atoms with Crippen LogP contribution in [-0.4, -0.2) is 39.8 Å². The molecule has 23 heavy (non-hydrogen) atoms. The van der Waals surface area contributed by atoms with E-state index in [4.69, 9.17) is 14.2 Å². The van der Waals surface area contributed by atoms with Gasteiger partial charge in [-0.05, 0) is 36.4 Å². The number of likely N-dealkylation sites (N-methyl/N-ethyl adjacent to an activating group) is 1. The second-order valence-corrected chi connectivity index (χ2v) is 5.90. The van der Waals surface area contributed by atoms with Crippen molar-refractivity contribution < 1.29 is 14.2 Å². The molecule has 0 aromatic heterocycles. The number of hydrogen-bond donors (Lipinski definition) is 0. The molecule has 1 heterocycles. The molecule has 0 fully saturated rings. The first-order valence-corrected chi connectivity index (χ1v) is 7.74. The van der Waals surface area contributed by atoms with E-state index in [-0.39, 0.29) is 5.92 Å². The summed E-state index contributed by atoms with van der Waals surface area (Å²) in [4.78, 5) is 2.34. The van der Waals surface area contributed by atoms with Crippen molar-refractivity contribution in [2.24, 2.45) is 0 Å². The molecule has 4 nitrogen and oxygen atoms in total. The van der Waals surface area contributed by atoms with E-state index in [9.17, 15) is 0 Å². The summed E-state index contributed by atoms with van der Waals surface area (Å²) in [5.41, 5.74) is 3.78. The molecule has 0 N–H and O–H groups in total. The van der Waals surface area contributed by atoms with Crippen LogP contribution in [-0.2, 0) is 6.54 Å². The maximum absolute atomic E-state index is 5.70. The molecule has 0 amide bonds. The molecule has 0 radical (unpaired) electrons. The second-order valence-electron chi connectivity index (χ2n) is 5.90. The molecule has 2 aromatic rings. The molecular formula is C19H23NO3. The van der Waals surface area contributed by atoms with E-state index in [0.29, 0.717) is 0 Å². The fraction of sp³-hybridized carbons (Fsp3) is 0.368. The van der Waals surface area contributed by atoms with Gasteiger partial charge in [0.15, 0.2) is 11.5 Å². The number of rotatable bonds is 4. The molecule has 0 bridgehead atoms. The largest absolute Gasteiger partial charge is 0.497 e. The van der Waals surface area contributed by atoms with E-state index < -0.39 is 0 Å². The van der Waals surface area contributed by atoms with Crippen LogP contribution in [0.5, 0.6) is 17.2 Å². The van der Waals surface area contributed by atoms with Crippen LogP contribution in [0.15, 0.2) is 36.4 Å². The standard InChI is InChI=1S/C19H23NO3/c1-20-11-14-7-10-17(22-3)19(23-4)18(14)16(12-20)13-5-8-15(21-2)9-6-13/h5-10,16H,11-12H2,1-4H3. The quantitative estimate of drug-likeness (QED) is 0.867. The van der Waals surface area contributed by atoms with Crippen LogP contribution in [0.4, 0.5) is 0 Å². The lowest BCUT2D eigenvalue weighted by molar-refractivity contribution is 0.284. The lowest BCUT2D eigenvalue weighted by Gasteiger charge is -2.34. The lowest BCUT2D eigenvalue weighted by Crippen LogP contribution is -2.31. The van der Waals surface area contributed by atoms with E-state index in [1.165, 1.54) is 16.7 Å². The fourth-order valence-electron chi connectivity index (χ4n) is 3.38. The van der Waals surface area contributed by atoms with Gasteiger partial charge in [0.2, 0.25) is 0 Å². The predicted molar refractivity (Wildman–Crippen MR) is 90.7 cm³/mol. The van der Waals surface area contributed by atoms with Crippen molar-refractivity contribution >= 4 is 0 Å². The highest BCUT2D eigenvalue weighted by atomic mass is 16.5. The smallest absolute Gasteiger partial charge is 0.164 e. The van der Waals surface area contributed by atoms with Gasteiger partial charge in [-0.1, -0.05) is 18.2 Å². The number of methoxy groups -OCH3 is 3. The van der Waals surface area contributed by atoms with Crippen LogP contribution in [0, 0.1) is 0 Å². The summed E-state index contributed by atoms with van der Waals surface area (Å²) in [6.07, 6.45) is 0. The van der Waals surface area contributed by atoms with E-state index >= 15 is 0 Å². The van der Waals surface area contributed by atoms with Crippen LogP contribution in [0.25, 0.3) is 0 Å². The van der Waals surface area contributed by atoms with Gasteiger partial charge in [-0.25, -0.2) is 0 Å². The molecule has 1 unspecified atom stereocenters. The van der Waals surface area contributed by atoms with E-state index in [0.717, 1.165) is 30.3 Å². The van der Waals surface area contributed by atoms with Gasteiger partial charge in [-0.2, -0.15) is 0 Å². The molecule has 0 spiro atoms. The van der Waals surface area contributed by atoms with E-state index in [2.05, 4.69) is 30.1 Å². The van der Waals surface area contributed by atoms with Crippen LogP contribution in [0.2, 0.25) is 0 Å². The van der Waals surface area contributed by atoms with Crippen molar-refractivity contribution in [3.63, 3.8) is 0 Å². The molecule has 1 aliphatic rings. The Balaban J connectivity index is 2.12. The summed E-state index contributed by atoms with van der Waals surface area (Å²) < 4.78 is 16.5. The molecule has 2 aromatic carbocycles. The third kappa shape index (κ3) is 2.86. The SMILES string of the molecule is COc1ccc(C2CN(C)Cc3ccc(OC)c(OC)c32)cc1. The van der Waals surface area contributed by atoms with Crippen molar-refractivity contribution in [2.75, 3.05) is 34.9 Å². The minimum absolute atomic E-state index is 0.250. The first kappa shape index (κ1) is 15.7. The fourth-order valence-corrected chi connectivity index (χ4v) is 3.38. The minimum atomic E-state index is 0.250. The average molecular weight is 313 g/mol. The summed E-state index contributed by atoms with van der Waals surface area (Å²) in [6.45, 7) is 1.87. The zero-order valence-electron chi connectivity index (χ0n) is 14.1. The highest BCUT2D eigenvalue weighted by Gasteiger charge is 2.29. The Morgan fingerprint density at radius 2 is 1.65 bits per heavy atom. The van der Waals surface area contributed by atoms with Crippen LogP contribution >= 0.6 is 0 Å². The normalized spacial score (nSPS) is 17.5. The van der Waals surface area contributed by atoms with Gasteiger partial charge in [0, 0.05) is 24.6 Å². The maximum Gasteiger partial charge on any atom is 0.164 e. The molecule has 0 saturated heterocycles. The number of fused-ring (bicyclic) bond motifs is 1. The number of nitrogens with zero attached hydrogens (tertiary/aromatic N) is 1. The van der Waals surface area contributed by atoms with Crippen molar-refractivity contribution in [2.45, 2.75) is 12.5 Å². The molecular weight excluding hydrogens is 290 g/mol. The van der Waals surface area contributed by atoms with Crippen LogP contribution in [0.1, 0.15) is 22.6 Å². The minimum Gasteiger partial charge on any atom is -0.497 e. The van der Waals surface area contributed by atoms with Gasteiger partial charge in [-0.3, -0.25) is 0 Å². The zero-order chi connectivity index (χ0) is 16.4. The first-order chi connectivity index (χ1) is 11.2. The van der Waals surface area contributed by atoms with E-state index in [1.54, 1.807) is 21.3 Å². The molecule has 4 heteroatoms. The van der Waals surface area contributed by atoms with Crippen molar-refractivity contribution in [3.8, 4) is 17.2 Å². The van der Waals surface area contributed by atoms with Gasteiger partial charge in [0.05, 0.1) is 21.3 Å². The summed E-state index contributed by atoms with van der Waals surface area (Å²) in [6, 6.07) is 12.4. The Morgan fingerprint density at radius 1 is 0.913 bits per heavy atom. The van der Waals surface area contributed by atoms with Crippen LogP contribution < -0.4 is 14.2 Å². The topological polar surface area (TPSA) is 30.9 Å². The Labute approximate surface area is 137 Å². The highest BCUT2D eigenvalue weighted by molar-refractivity contribution is 5.56. The summed E-state index contributed by atoms with van der Waals surface area (Å²) >= 11 is 0. The Bertz CT molecular complexity index is 682. The molecule has 1 aliphatic heterocycles. The number of hydrogen-bond acceptors (Lipinski definition) is 4. The number of benzene rings is 2. The lowest BCUT2D eigenvalue weighted by atomic mass is 9.84. The summed E-state index contributed by atoms with van der Waals surface area (Å²) in [5, 5.41) is 0. The number of ether oxygens (including phenoxy) is 3. The Hall–Kier alpha value is -2.20.